The molecule has 0 amide bonds. The first-order chi connectivity index (χ1) is 11.0. The number of benzene rings is 1. The van der Waals surface area contributed by atoms with Crippen LogP contribution in [0.1, 0.15) is 0 Å². The van der Waals surface area contributed by atoms with Crippen molar-refractivity contribution in [2.75, 3.05) is 12.8 Å². The number of guanidine groups is 1. The number of aromatic nitrogens is 1. The van der Waals surface area contributed by atoms with Gasteiger partial charge in [0.15, 0.2) is 5.96 Å². The van der Waals surface area contributed by atoms with Gasteiger partial charge in [0.25, 0.3) is 6.54 Å². The Kier molecular flexibility index (Phi) is 5.66. The number of nitro groups is 1. The first-order valence-corrected chi connectivity index (χ1v) is 8.47. The second-order valence-electron chi connectivity index (χ2n) is 4.30. The largest absolute Gasteiger partial charge is 0.370 e. The van der Waals surface area contributed by atoms with Gasteiger partial charge in [0.2, 0.25) is 5.13 Å². The summed E-state index contributed by atoms with van der Waals surface area (Å²) in [6, 6.07) is 7.28. The second-order valence-corrected chi connectivity index (χ2v) is 6.02. The van der Waals surface area contributed by atoms with Crippen LogP contribution >= 0.6 is 23.1 Å². The molecular weight excluding hydrogens is 336 g/mol. The zero-order valence-electron chi connectivity index (χ0n) is 12.2. The van der Waals surface area contributed by atoms with Gasteiger partial charge < -0.3 is 11.5 Å². The first-order valence-electron chi connectivity index (χ1n) is 6.37. The molecule has 8 nitrogen and oxygen atoms in total. The molecule has 0 atom stereocenters. The zero-order valence-corrected chi connectivity index (χ0v) is 13.8. The van der Waals surface area contributed by atoms with E-state index in [1.54, 1.807) is 12.3 Å². The second kappa shape index (κ2) is 7.70. The summed E-state index contributed by atoms with van der Waals surface area (Å²) in [5.41, 5.74) is 12.8. The molecule has 1 aromatic heterocycles. The van der Waals surface area contributed by atoms with Crippen LogP contribution in [-0.4, -0.2) is 33.7 Å². The normalized spacial score (nSPS) is 11.3. The van der Waals surface area contributed by atoms with Crippen molar-refractivity contribution in [3.05, 3.63) is 39.8 Å². The molecule has 0 fully saturated rings. The van der Waals surface area contributed by atoms with Crippen molar-refractivity contribution in [2.45, 2.75) is 0 Å². The van der Waals surface area contributed by atoms with Gasteiger partial charge in [-0.3, -0.25) is 10.1 Å². The number of aliphatic imine (C=N–C) groups is 2. The third-order valence-electron chi connectivity index (χ3n) is 2.61. The fourth-order valence-corrected chi connectivity index (χ4v) is 2.84. The fraction of sp³-hybridized carbons (Fsp3) is 0.154. The molecule has 0 unspecified atom stereocenters. The summed E-state index contributed by atoms with van der Waals surface area (Å²) in [4.78, 5) is 22.7. The Hall–Kier alpha value is -2.46. The monoisotopic (exact) mass is 350 g/mol. The molecule has 2 aromatic rings. The topological polar surface area (TPSA) is 133 Å². The Labute approximate surface area is 140 Å². The molecule has 23 heavy (non-hydrogen) atoms. The van der Waals surface area contributed by atoms with E-state index in [2.05, 4.69) is 15.0 Å². The van der Waals surface area contributed by atoms with Gasteiger partial charge in [0, 0.05) is 15.9 Å². The lowest BCUT2D eigenvalue weighted by atomic mass is 10.1. The number of rotatable bonds is 5. The maximum absolute atomic E-state index is 10.6. The summed E-state index contributed by atoms with van der Waals surface area (Å²) in [6.45, 7) is -0.295. The Morgan fingerprint density at radius 3 is 2.87 bits per heavy atom. The number of thioether (sulfide) groups is 1. The van der Waals surface area contributed by atoms with Gasteiger partial charge in [-0.25, -0.2) is 9.98 Å². The van der Waals surface area contributed by atoms with Crippen LogP contribution < -0.4 is 11.5 Å². The molecule has 0 aliphatic carbocycles. The Balaban J connectivity index is 2.29. The highest BCUT2D eigenvalue weighted by Crippen LogP contribution is 2.29. The third kappa shape index (κ3) is 5.04. The predicted octanol–water partition coefficient (Wildman–Crippen LogP) is 2.38. The molecule has 0 radical (unpaired) electrons. The van der Waals surface area contributed by atoms with E-state index < -0.39 is 4.92 Å². The molecule has 0 bridgehead atoms. The van der Waals surface area contributed by atoms with Gasteiger partial charge >= 0.3 is 0 Å². The molecule has 10 heteroatoms. The minimum atomic E-state index is -0.402. The SMILES string of the molecule is CSC(C[N+](=O)[O-])=Nc1cccc(-c2csc(N=C(N)N)n2)c1. The van der Waals surface area contributed by atoms with E-state index >= 15 is 0 Å². The molecular formula is C13H14N6O2S2. The molecule has 1 heterocycles. The molecule has 0 saturated carbocycles. The lowest BCUT2D eigenvalue weighted by Crippen LogP contribution is -2.21. The lowest BCUT2D eigenvalue weighted by molar-refractivity contribution is -0.462. The van der Waals surface area contributed by atoms with Crippen LogP contribution in [0.25, 0.3) is 11.3 Å². The minimum absolute atomic E-state index is 0.0476. The molecule has 0 aliphatic rings. The van der Waals surface area contributed by atoms with Gasteiger partial charge in [-0.1, -0.05) is 12.1 Å². The van der Waals surface area contributed by atoms with Crippen LogP contribution in [-0.2, 0) is 0 Å². The highest BCUT2D eigenvalue weighted by molar-refractivity contribution is 8.13. The van der Waals surface area contributed by atoms with Crippen molar-refractivity contribution >= 4 is 44.9 Å². The summed E-state index contributed by atoms with van der Waals surface area (Å²) >= 11 is 2.57. The van der Waals surface area contributed by atoms with Crippen LogP contribution in [0.2, 0.25) is 0 Å². The van der Waals surface area contributed by atoms with E-state index in [4.69, 9.17) is 11.5 Å². The quantitative estimate of drug-likeness (QED) is 0.368. The molecule has 0 spiro atoms. The van der Waals surface area contributed by atoms with Gasteiger partial charge in [-0.2, -0.15) is 4.99 Å². The molecule has 1 aromatic carbocycles. The predicted molar refractivity (Wildman–Crippen MR) is 95.5 cm³/mol. The van der Waals surface area contributed by atoms with Crippen LogP contribution in [0.3, 0.4) is 0 Å². The molecule has 0 saturated heterocycles. The zero-order chi connectivity index (χ0) is 16.8. The Morgan fingerprint density at radius 2 is 2.22 bits per heavy atom. The van der Waals surface area contributed by atoms with E-state index in [1.165, 1.54) is 23.1 Å². The van der Waals surface area contributed by atoms with E-state index in [1.807, 2.05) is 23.6 Å². The highest BCUT2D eigenvalue weighted by Gasteiger charge is 2.08. The standard InChI is InChI=1S/C13H14N6O2S2/c1-22-11(6-19(20)21)16-9-4-2-3-8(5-9)10-7-23-13(17-10)18-12(14)15/h2-5,7H,6H2,1H3,(H4,14,15,17,18). The van der Waals surface area contributed by atoms with Gasteiger partial charge in [-0.05, 0) is 18.4 Å². The number of hydrogen-bond acceptors (Lipinski definition) is 7. The smallest absolute Gasteiger partial charge is 0.251 e. The number of hydrogen-bond donors (Lipinski definition) is 2. The van der Waals surface area contributed by atoms with Crippen molar-refractivity contribution in [2.24, 2.45) is 21.5 Å². The molecule has 120 valence electrons. The highest BCUT2D eigenvalue weighted by atomic mass is 32.2. The van der Waals surface area contributed by atoms with Crippen molar-refractivity contribution in [1.29, 1.82) is 0 Å². The maximum atomic E-state index is 10.6. The van der Waals surface area contributed by atoms with E-state index in [9.17, 15) is 10.1 Å². The van der Waals surface area contributed by atoms with Gasteiger partial charge in [0.05, 0.1) is 11.4 Å². The van der Waals surface area contributed by atoms with Crippen LogP contribution in [0.5, 0.6) is 0 Å². The number of nitrogens with zero attached hydrogens (tertiary/aromatic N) is 4. The Morgan fingerprint density at radius 1 is 1.43 bits per heavy atom. The average Bonchev–Trinajstić information content (AvgIpc) is 2.94. The van der Waals surface area contributed by atoms with Crippen molar-refractivity contribution in [3.8, 4) is 11.3 Å². The number of nitrogens with two attached hydrogens (primary N) is 2. The van der Waals surface area contributed by atoms with Crippen molar-refractivity contribution in [1.82, 2.24) is 4.98 Å². The van der Waals surface area contributed by atoms with Crippen LogP contribution in [0, 0.1) is 10.1 Å². The van der Waals surface area contributed by atoms with Crippen LogP contribution in [0.4, 0.5) is 10.8 Å². The molecule has 0 aliphatic heterocycles. The fourth-order valence-electron chi connectivity index (χ4n) is 1.69. The van der Waals surface area contributed by atoms with Gasteiger partial charge in [-0.15, -0.1) is 23.1 Å². The first kappa shape index (κ1) is 16.9. The minimum Gasteiger partial charge on any atom is -0.370 e. The summed E-state index contributed by atoms with van der Waals surface area (Å²) in [7, 11) is 0. The van der Waals surface area contributed by atoms with E-state index in [0.29, 0.717) is 21.6 Å². The van der Waals surface area contributed by atoms with Gasteiger partial charge in [0.1, 0.15) is 5.04 Å². The Bertz CT molecular complexity index is 767. The van der Waals surface area contributed by atoms with Crippen molar-refractivity contribution < 1.29 is 4.92 Å². The summed E-state index contributed by atoms with van der Waals surface area (Å²) < 4.78 is 0. The van der Waals surface area contributed by atoms with Crippen molar-refractivity contribution in [3.63, 3.8) is 0 Å². The summed E-state index contributed by atoms with van der Waals surface area (Å²) in [5, 5.41) is 13.3. The number of thiazole rings is 1. The average molecular weight is 350 g/mol. The summed E-state index contributed by atoms with van der Waals surface area (Å²) in [6.07, 6.45) is 1.76. The third-order valence-corrected chi connectivity index (χ3v) is 4.04. The van der Waals surface area contributed by atoms with E-state index in [0.717, 1.165) is 5.56 Å². The molecule has 4 N–H and O–H groups in total. The summed E-state index contributed by atoms with van der Waals surface area (Å²) in [5.74, 6) is -0.0476. The van der Waals surface area contributed by atoms with E-state index in [-0.39, 0.29) is 12.5 Å². The maximum Gasteiger partial charge on any atom is 0.251 e. The lowest BCUT2D eigenvalue weighted by Gasteiger charge is -2.01. The van der Waals surface area contributed by atoms with Crippen LogP contribution in [0.15, 0.2) is 39.6 Å². The molecule has 2 rings (SSSR count).